The molecule has 1 amide bonds. The molecule has 2 rings (SSSR count). The van der Waals surface area contributed by atoms with E-state index in [1.165, 1.54) is 24.4 Å². The molecular weight excluding hydrogens is 332 g/mol. The molecular formula is C13H10BrClN2O2. The highest BCUT2D eigenvalue weighted by molar-refractivity contribution is 9.10. The van der Waals surface area contributed by atoms with Gasteiger partial charge in [0, 0.05) is 0 Å². The van der Waals surface area contributed by atoms with E-state index < -0.39 is 5.91 Å². The van der Waals surface area contributed by atoms with Crippen LogP contribution < -0.4 is 5.32 Å². The van der Waals surface area contributed by atoms with E-state index in [2.05, 4.69) is 26.2 Å². The van der Waals surface area contributed by atoms with Crippen LogP contribution in [0.2, 0.25) is 5.02 Å². The lowest BCUT2D eigenvalue weighted by Crippen LogP contribution is -2.12. The number of hydrogen-bond acceptors (Lipinski definition) is 3. The molecule has 98 valence electrons. The highest BCUT2D eigenvalue weighted by Gasteiger charge is 2.12. The molecule has 1 aromatic heterocycles. The standard InChI is InChI=1S/C13H10BrClN2O2/c1-7-4-8(6-16-12(7)14)17-13(19)10-5-9(18)2-3-11(10)15/h2-6,18H,1H3,(H,17,19). The van der Waals surface area contributed by atoms with Gasteiger partial charge in [0.25, 0.3) is 5.91 Å². The molecule has 0 unspecified atom stereocenters. The Bertz CT molecular complexity index is 647. The first-order chi connectivity index (χ1) is 8.97. The summed E-state index contributed by atoms with van der Waals surface area (Å²) in [4.78, 5) is 16.1. The first-order valence-corrected chi connectivity index (χ1v) is 6.56. The highest BCUT2D eigenvalue weighted by Crippen LogP contribution is 2.23. The second kappa shape index (κ2) is 5.59. The summed E-state index contributed by atoms with van der Waals surface area (Å²) in [6.45, 7) is 1.87. The molecule has 0 aliphatic rings. The number of aromatic hydroxyl groups is 1. The summed E-state index contributed by atoms with van der Waals surface area (Å²) in [5, 5.41) is 12.3. The number of rotatable bonds is 2. The summed E-state index contributed by atoms with van der Waals surface area (Å²) in [5.74, 6) is -0.413. The number of pyridine rings is 1. The van der Waals surface area contributed by atoms with Crippen molar-refractivity contribution < 1.29 is 9.90 Å². The van der Waals surface area contributed by atoms with Gasteiger partial charge >= 0.3 is 0 Å². The molecule has 6 heteroatoms. The van der Waals surface area contributed by atoms with Crippen molar-refractivity contribution in [1.82, 2.24) is 4.98 Å². The van der Waals surface area contributed by atoms with Crippen LogP contribution in [0.15, 0.2) is 35.1 Å². The molecule has 1 aromatic carbocycles. The third-order valence-electron chi connectivity index (χ3n) is 2.47. The lowest BCUT2D eigenvalue weighted by atomic mass is 10.2. The lowest BCUT2D eigenvalue weighted by molar-refractivity contribution is 0.102. The highest BCUT2D eigenvalue weighted by atomic mass is 79.9. The molecule has 0 saturated carbocycles. The maximum atomic E-state index is 12.0. The number of carbonyl (C=O) groups is 1. The van der Waals surface area contributed by atoms with Crippen LogP contribution >= 0.6 is 27.5 Å². The quantitative estimate of drug-likeness (QED) is 0.818. The van der Waals surface area contributed by atoms with Crippen LogP contribution in [0.25, 0.3) is 0 Å². The Morgan fingerprint density at radius 3 is 2.84 bits per heavy atom. The maximum absolute atomic E-state index is 12.0. The Kier molecular flexibility index (Phi) is 4.07. The minimum absolute atomic E-state index is 0.0142. The molecule has 2 aromatic rings. The normalized spacial score (nSPS) is 10.3. The van der Waals surface area contributed by atoms with Gasteiger partial charge < -0.3 is 10.4 Å². The predicted molar refractivity (Wildman–Crippen MR) is 77.7 cm³/mol. The van der Waals surface area contributed by atoms with Crippen molar-refractivity contribution >= 4 is 39.1 Å². The van der Waals surface area contributed by atoms with E-state index >= 15 is 0 Å². The van der Waals surface area contributed by atoms with Crippen LogP contribution in [-0.2, 0) is 0 Å². The molecule has 0 aliphatic carbocycles. The van der Waals surface area contributed by atoms with Gasteiger partial charge in [-0.1, -0.05) is 11.6 Å². The van der Waals surface area contributed by atoms with Crippen LogP contribution in [0.4, 0.5) is 5.69 Å². The number of carbonyl (C=O) groups excluding carboxylic acids is 1. The zero-order chi connectivity index (χ0) is 14.0. The van der Waals surface area contributed by atoms with Gasteiger partial charge in [0.1, 0.15) is 10.4 Å². The number of phenolic OH excluding ortho intramolecular Hbond substituents is 1. The smallest absolute Gasteiger partial charge is 0.257 e. The molecule has 0 saturated heterocycles. The van der Waals surface area contributed by atoms with Crippen LogP contribution in [-0.4, -0.2) is 16.0 Å². The summed E-state index contributed by atoms with van der Waals surface area (Å²) in [6.07, 6.45) is 1.53. The van der Waals surface area contributed by atoms with Crippen molar-refractivity contribution in [3.05, 3.63) is 51.2 Å². The molecule has 0 atom stereocenters. The van der Waals surface area contributed by atoms with Gasteiger partial charge in [-0.2, -0.15) is 0 Å². The summed E-state index contributed by atoms with van der Waals surface area (Å²) in [5.41, 5.74) is 1.67. The zero-order valence-corrected chi connectivity index (χ0v) is 12.3. The summed E-state index contributed by atoms with van der Waals surface area (Å²) >= 11 is 9.20. The fourth-order valence-electron chi connectivity index (χ4n) is 1.51. The van der Waals surface area contributed by atoms with E-state index in [4.69, 9.17) is 11.6 Å². The Morgan fingerprint density at radius 2 is 2.16 bits per heavy atom. The van der Waals surface area contributed by atoms with Crippen molar-refractivity contribution in [2.75, 3.05) is 5.32 Å². The van der Waals surface area contributed by atoms with Crippen LogP contribution in [0.5, 0.6) is 5.75 Å². The molecule has 0 fully saturated rings. The number of benzene rings is 1. The van der Waals surface area contributed by atoms with Crippen molar-refractivity contribution in [3.8, 4) is 5.75 Å². The molecule has 19 heavy (non-hydrogen) atoms. The lowest BCUT2D eigenvalue weighted by Gasteiger charge is -2.08. The number of aromatic nitrogens is 1. The second-order valence-electron chi connectivity index (χ2n) is 3.95. The van der Waals surface area contributed by atoms with E-state index in [0.717, 1.165) is 10.2 Å². The van der Waals surface area contributed by atoms with Crippen LogP contribution in [0.1, 0.15) is 15.9 Å². The first-order valence-electron chi connectivity index (χ1n) is 5.39. The largest absolute Gasteiger partial charge is 0.508 e. The van der Waals surface area contributed by atoms with Gasteiger partial charge in [-0.3, -0.25) is 4.79 Å². The maximum Gasteiger partial charge on any atom is 0.257 e. The third kappa shape index (κ3) is 3.24. The van der Waals surface area contributed by atoms with Crippen molar-refractivity contribution in [3.63, 3.8) is 0 Å². The van der Waals surface area contributed by atoms with E-state index in [-0.39, 0.29) is 16.3 Å². The Balaban J connectivity index is 2.25. The fourth-order valence-corrected chi connectivity index (χ4v) is 1.93. The molecule has 0 spiro atoms. The topological polar surface area (TPSA) is 62.2 Å². The van der Waals surface area contributed by atoms with Gasteiger partial charge in [0.2, 0.25) is 0 Å². The van der Waals surface area contributed by atoms with E-state index in [1.807, 2.05) is 6.92 Å². The number of phenols is 1. The summed E-state index contributed by atoms with van der Waals surface area (Å²) < 4.78 is 0.723. The number of nitrogens with one attached hydrogen (secondary N) is 1. The van der Waals surface area contributed by atoms with Crippen molar-refractivity contribution in [2.45, 2.75) is 6.92 Å². The SMILES string of the molecule is Cc1cc(NC(=O)c2cc(O)ccc2Cl)cnc1Br. The predicted octanol–water partition coefficient (Wildman–Crippen LogP) is 3.76. The molecule has 2 N–H and O–H groups in total. The van der Waals surface area contributed by atoms with Gasteiger partial charge in [-0.15, -0.1) is 0 Å². The van der Waals surface area contributed by atoms with Crippen LogP contribution in [0, 0.1) is 6.92 Å². The first kappa shape index (κ1) is 13.8. The number of amides is 1. The van der Waals surface area contributed by atoms with Gasteiger partial charge in [0.05, 0.1) is 22.5 Å². The Labute approximate surface area is 123 Å². The van der Waals surface area contributed by atoms with Gasteiger partial charge in [-0.25, -0.2) is 4.98 Å². The molecule has 0 bridgehead atoms. The number of anilines is 1. The third-order valence-corrected chi connectivity index (χ3v) is 3.63. The summed E-state index contributed by atoms with van der Waals surface area (Å²) in [6, 6.07) is 5.99. The Hall–Kier alpha value is -1.59. The molecule has 1 heterocycles. The average Bonchev–Trinajstić information content (AvgIpc) is 2.36. The number of nitrogens with zero attached hydrogens (tertiary/aromatic N) is 1. The number of aryl methyl sites for hydroxylation is 1. The van der Waals surface area contributed by atoms with Gasteiger partial charge in [-0.05, 0) is 52.7 Å². The zero-order valence-electron chi connectivity index (χ0n) is 9.95. The van der Waals surface area contributed by atoms with Crippen molar-refractivity contribution in [2.24, 2.45) is 0 Å². The van der Waals surface area contributed by atoms with Crippen LogP contribution in [0.3, 0.4) is 0 Å². The van der Waals surface area contributed by atoms with Gasteiger partial charge in [0.15, 0.2) is 0 Å². The summed E-state index contributed by atoms with van der Waals surface area (Å²) in [7, 11) is 0. The van der Waals surface area contributed by atoms with Crippen molar-refractivity contribution in [1.29, 1.82) is 0 Å². The number of hydrogen-bond donors (Lipinski definition) is 2. The minimum atomic E-state index is -0.399. The molecule has 0 radical (unpaired) electrons. The second-order valence-corrected chi connectivity index (χ2v) is 5.11. The Morgan fingerprint density at radius 1 is 1.42 bits per heavy atom. The molecule has 4 nitrogen and oxygen atoms in total. The van der Waals surface area contributed by atoms with E-state index in [0.29, 0.717) is 5.69 Å². The average molecular weight is 342 g/mol. The minimum Gasteiger partial charge on any atom is -0.508 e. The number of halogens is 2. The van der Waals surface area contributed by atoms with E-state index in [9.17, 15) is 9.90 Å². The molecule has 0 aliphatic heterocycles. The fraction of sp³-hybridized carbons (Fsp3) is 0.0769. The van der Waals surface area contributed by atoms with E-state index in [1.54, 1.807) is 6.07 Å². The monoisotopic (exact) mass is 340 g/mol.